The minimum Gasteiger partial charge on any atom is -0.495 e. The van der Waals surface area contributed by atoms with E-state index in [-0.39, 0.29) is 18.2 Å². The lowest BCUT2D eigenvalue weighted by Crippen LogP contribution is -2.48. The molecule has 0 spiro atoms. The lowest BCUT2D eigenvalue weighted by molar-refractivity contribution is -0.129. The quantitative estimate of drug-likeness (QED) is 0.474. The monoisotopic (exact) mass is 521 g/mol. The fourth-order valence-electron chi connectivity index (χ4n) is 5.23. The Balaban J connectivity index is 1.27. The number of aromatic nitrogens is 2. The fourth-order valence-corrected chi connectivity index (χ4v) is 5.36. The van der Waals surface area contributed by atoms with E-state index in [2.05, 4.69) is 15.9 Å². The number of Topliss-reactive ketones (excluding diaryl/α,β-unsaturated/α-hetero) is 1. The maximum Gasteiger partial charge on any atom is 0.219 e. The number of halogens is 1. The molecule has 0 N–H and O–H groups in total. The molecule has 194 valence electrons. The number of ether oxygens (including phenoxy) is 1. The van der Waals surface area contributed by atoms with E-state index in [1.807, 2.05) is 52.0 Å². The molecular formula is C28H32ClN5O3. The summed E-state index contributed by atoms with van der Waals surface area (Å²) in [6.07, 6.45) is 0.681. The van der Waals surface area contributed by atoms with Crippen molar-refractivity contribution in [2.24, 2.45) is 0 Å². The number of amides is 1. The number of piperazine rings is 1. The maximum absolute atomic E-state index is 13.2. The molecule has 3 aromatic rings. The zero-order chi connectivity index (χ0) is 25.9. The Morgan fingerprint density at radius 2 is 1.70 bits per heavy atom. The van der Waals surface area contributed by atoms with Crippen LogP contribution in [0.25, 0.3) is 11.3 Å². The molecule has 3 heterocycles. The van der Waals surface area contributed by atoms with Gasteiger partial charge in [-0.05, 0) is 24.3 Å². The number of carbonyl (C=O) groups excluding carboxylic acids is 2. The van der Waals surface area contributed by atoms with E-state index in [0.717, 1.165) is 60.1 Å². The molecule has 8 nitrogen and oxygen atoms in total. The van der Waals surface area contributed by atoms with Crippen LogP contribution in [0.15, 0.2) is 48.5 Å². The topological polar surface area (TPSA) is 70.9 Å². The molecule has 1 fully saturated rings. The summed E-state index contributed by atoms with van der Waals surface area (Å²) in [6.45, 7) is 6.64. The summed E-state index contributed by atoms with van der Waals surface area (Å²) in [7, 11) is 1.69. The van der Waals surface area contributed by atoms with Gasteiger partial charge in [-0.3, -0.25) is 19.2 Å². The van der Waals surface area contributed by atoms with Crippen molar-refractivity contribution in [2.75, 3.05) is 51.3 Å². The van der Waals surface area contributed by atoms with Crippen LogP contribution >= 0.6 is 11.6 Å². The molecule has 9 heteroatoms. The second-order valence-electron chi connectivity index (χ2n) is 9.60. The Labute approximate surface area is 222 Å². The molecule has 0 bridgehead atoms. The number of ketones is 1. The van der Waals surface area contributed by atoms with E-state index in [0.29, 0.717) is 31.1 Å². The Bertz CT molecular complexity index is 1280. The highest BCUT2D eigenvalue weighted by Crippen LogP contribution is 2.31. The van der Waals surface area contributed by atoms with Crippen molar-refractivity contribution in [3.8, 4) is 17.0 Å². The number of rotatable bonds is 7. The van der Waals surface area contributed by atoms with Crippen LogP contribution in [0.4, 0.5) is 5.69 Å². The average Bonchev–Trinajstić information content (AvgIpc) is 3.26. The highest BCUT2D eigenvalue weighted by molar-refractivity contribution is 6.30. The van der Waals surface area contributed by atoms with Crippen molar-refractivity contribution >= 4 is 29.0 Å². The summed E-state index contributed by atoms with van der Waals surface area (Å²) in [5.41, 5.74) is 4.90. The molecular weight excluding hydrogens is 490 g/mol. The molecule has 2 aliphatic rings. The van der Waals surface area contributed by atoms with Crippen LogP contribution in [-0.2, 0) is 29.1 Å². The van der Waals surface area contributed by atoms with Crippen molar-refractivity contribution < 1.29 is 14.3 Å². The Morgan fingerprint density at radius 3 is 2.41 bits per heavy atom. The van der Waals surface area contributed by atoms with Gasteiger partial charge in [-0.1, -0.05) is 35.9 Å². The third-order valence-corrected chi connectivity index (χ3v) is 7.47. The molecule has 1 saturated heterocycles. The number of carbonyl (C=O) groups is 2. The number of hydrogen-bond acceptors (Lipinski definition) is 6. The number of nitrogens with zero attached hydrogens (tertiary/aromatic N) is 5. The van der Waals surface area contributed by atoms with Crippen LogP contribution in [0.5, 0.6) is 5.75 Å². The number of benzene rings is 2. The first-order valence-electron chi connectivity index (χ1n) is 12.6. The second kappa shape index (κ2) is 10.9. The van der Waals surface area contributed by atoms with E-state index in [9.17, 15) is 9.59 Å². The molecule has 0 radical (unpaired) electrons. The number of anilines is 1. The predicted octanol–water partition coefficient (Wildman–Crippen LogP) is 3.51. The van der Waals surface area contributed by atoms with Gasteiger partial charge in [0.15, 0.2) is 5.78 Å². The summed E-state index contributed by atoms with van der Waals surface area (Å²) in [5.74, 6) is 1.05. The zero-order valence-corrected chi connectivity index (χ0v) is 22.1. The summed E-state index contributed by atoms with van der Waals surface area (Å²) < 4.78 is 7.37. The standard InChI is InChI=1S/C28H32ClN5O3/c1-20(35)33-12-11-25-24(19-33)28(21-7-9-22(29)10-8-21)30-34(25)18-23(36)17-31-13-15-32(16-14-31)26-5-3-4-6-27(26)37-2/h3-10H,11-19H2,1-2H3. The molecule has 0 aliphatic carbocycles. The third kappa shape index (κ3) is 5.50. The van der Waals surface area contributed by atoms with Crippen LogP contribution in [-0.4, -0.2) is 77.6 Å². The second-order valence-corrected chi connectivity index (χ2v) is 10.0. The van der Waals surface area contributed by atoms with Crippen molar-refractivity contribution in [3.63, 3.8) is 0 Å². The molecule has 2 aromatic carbocycles. The summed E-state index contributed by atoms with van der Waals surface area (Å²) in [6, 6.07) is 15.6. The number of fused-ring (bicyclic) bond motifs is 1. The van der Waals surface area contributed by atoms with Gasteiger partial charge in [0, 0.05) is 74.5 Å². The van der Waals surface area contributed by atoms with Gasteiger partial charge in [0.25, 0.3) is 0 Å². The highest BCUT2D eigenvalue weighted by atomic mass is 35.5. The predicted molar refractivity (Wildman–Crippen MR) is 144 cm³/mol. The van der Waals surface area contributed by atoms with Gasteiger partial charge in [0.2, 0.25) is 5.91 Å². The van der Waals surface area contributed by atoms with Gasteiger partial charge in [-0.15, -0.1) is 0 Å². The SMILES string of the molecule is COc1ccccc1N1CCN(CC(=O)Cn2nc(-c3ccc(Cl)cc3)c3c2CCN(C(C)=O)C3)CC1. The van der Waals surface area contributed by atoms with E-state index in [4.69, 9.17) is 21.4 Å². The van der Waals surface area contributed by atoms with Gasteiger partial charge >= 0.3 is 0 Å². The Morgan fingerprint density at radius 1 is 0.973 bits per heavy atom. The van der Waals surface area contributed by atoms with Crippen LogP contribution in [0, 0.1) is 0 Å². The molecule has 1 aromatic heterocycles. The van der Waals surface area contributed by atoms with Crippen LogP contribution in [0.2, 0.25) is 5.02 Å². The number of methoxy groups -OCH3 is 1. The first-order valence-corrected chi connectivity index (χ1v) is 13.0. The minimum atomic E-state index is 0.0452. The van der Waals surface area contributed by atoms with Crippen molar-refractivity contribution in [2.45, 2.75) is 26.4 Å². The Kier molecular flexibility index (Phi) is 7.48. The molecule has 0 saturated carbocycles. The number of hydrogen-bond donors (Lipinski definition) is 0. The molecule has 1 amide bonds. The molecule has 2 aliphatic heterocycles. The fraction of sp³-hybridized carbons (Fsp3) is 0.393. The zero-order valence-electron chi connectivity index (χ0n) is 21.3. The normalized spacial score (nSPS) is 16.0. The molecule has 5 rings (SSSR count). The van der Waals surface area contributed by atoms with E-state index < -0.39 is 0 Å². The van der Waals surface area contributed by atoms with Crippen molar-refractivity contribution in [3.05, 3.63) is 64.8 Å². The summed E-state index contributed by atoms with van der Waals surface area (Å²) >= 11 is 6.10. The highest BCUT2D eigenvalue weighted by Gasteiger charge is 2.28. The van der Waals surface area contributed by atoms with E-state index >= 15 is 0 Å². The van der Waals surface area contributed by atoms with Crippen molar-refractivity contribution in [1.82, 2.24) is 19.6 Å². The van der Waals surface area contributed by atoms with E-state index in [1.165, 1.54) is 0 Å². The van der Waals surface area contributed by atoms with Gasteiger partial charge in [0.1, 0.15) is 12.3 Å². The van der Waals surface area contributed by atoms with Gasteiger partial charge in [-0.25, -0.2) is 0 Å². The molecule has 0 unspecified atom stereocenters. The van der Waals surface area contributed by atoms with E-state index in [1.54, 1.807) is 14.0 Å². The maximum atomic E-state index is 13.2. The van der Waals surface area contributed by atoms with Crippen LogP contribution in [0.1, 0.15) is 18.2 Å². The summed E-state index contributed by atoms with van der Waals surface area (Å²) in [4.78, 5) is 31.6. The molecule has 37 heavy (non-hydrogen) atoms. The lowest BCUT2D eigenvalue weighted by Gasteiger charge is -2.36. The average molecular weight is 522 g/mol. The van der Waals surface area contributed by atoms with Crippen LogP contribution < -0.4 is 9.64 Å². The van der Waals surface area contributed by atoms with Crippen molar-refractivity contribution in [1.29, 1.82) is 0 Å². The lowest BCUT2D eigenvalue weighted by atomic mass is 10.0. The summed E-state index contributed by atoms with van der Waals surface area (Å²) in [5, 5.41) is 5.52. The largest absolute Gasteiger partial charge is 0.495 e. The number of para-hydroxylation sites is 2. The first kappa shape index (κ1) is 25.3. The van der Waals surface area contributed by atoms with Crippen LogP contribution in [0.3, 0.4) is 0 Å². The first-order chi connectivity index (χ1) is 17.9. The van der Waals surface area contributed by atoms with Gasteiger partial charge in [0.05, 0.1) is 25.0 Å². The smallest absolute Gasteiger partial charge is 0.219 e. The van der Waals surface area contributed by atoms with Gasteiger partial charge in [-0.2, -0.15) is 5.10 Å². The molecule has 0 atom stereocenters. The third-order valence-electron chi connectivity index (χ3n) is 7.22. The Hall–Kier alpha value is -3.36. The van der Waals surface area contributed by atoms with Gasteiger partial charge < -0.3 is 14.5 Å². The minimum absolute atomic E-state index is 0.0452.